The maximum absolute atomic E-state index is 13.9. The monoisotopic (exact) mass is 1470 g/mol. The molecular weight excluding hydrogens is 1380 g/mol. The van der Waals surface area contributed by atoms with Gasteiger partial charge in [0.1, 0.15) is 18.1 Å². The molecule has 5 aromatic carbocycles. The lowest BCUT2D eigenvalue weighted by Gasteiger charge is -2.24. The lowest BCUT2D eigenvalue weighted by molar-refractivity contribution is -0.133. The van der Waals surface area contributed by atoms with Crippen LogP contribution in [0.1, 0.15) is 93.6 Å². The Hall–Kier alpha value is -12.4. The molecule has 3 aromatic heterocycles. The van der Waals surface area contributed by atoms with Gasteiger partial charge in [-0.3, -0.25) is 38.4 Å². The van der Waals surface area contributed by atoms with Crippen molar-refractivity contribution < 1.29 is 43.2 Å². The van der Waals surface area contributed by atoms with Gasteiger partial charge in [0.05, 0.1) is 49.0 Å². The van der Waals surface area contributed by atoms with Crippen molar-refractivity contribution in [2.75, 3.05) is 71.8 Å². The molecule has 566 valence electrons. The van der Waals surface area contributed by atoms with Crippen molar-refractivity contribution in [2.45, 2.75) is 89.8 Å². The van der Waals surface area contributed by atoms with Crippen LogP contribution < -0.4 is 63.8 Å². The molecule has 2 aliphatic rings. The van der Waals surface area contributed by atoms with E-state index in [0.29, 0.717) is 50.9 Å². The van der Waals surface area contributed by atoms with E-state index in [1.165, 1.54) is 0 Å². The Morgan fingerprint density at radius 1 is 0.367 bits per heavy atom. The van der Waals surface area contributed by atoms with Crippen LogP contribution in [0, 0.1) is 5.92 Å². The van der Waals surface area contributed by atoms with E-state index in [0.717, 1.165) is 94.9 Å². The first-order valence-corrected chi connectivity index (χ1v) is 37.1. The molecule has 0 radical (unpaired) electrons. The molecule has 10 amide bonds. The molecule has 25 heteroatoms. The standard InChI is InChI=1S/C84H96N16O9/c1-54(2)48-70(100-83(108)71(49-55-22-10-5-11-23-55)99-75(104)52-91-74(103)51-86-4)82(107)92-53-76(105)98-69(81(106)89-47-46-88-73(102)50-85-3)30-19-21-44-87-72(101)31-18-9-20-45-90-84(109)93-60-34-32-59(33-35-60)80-67-42-40-65(96-67)78(57-26-14-7-15-27-57)63-38-36-61(94-63)77(56-24-12-6-13-25-56)62-37-39-64(95-62)79(58-28-16-8-17-29-58)66-41-43-68(80)97-66/h5-8,10-17,22-29,32-43,54,69-71,85-86,94,97H,9,18-21,30-31,44-53H2,1-4H3,(H,87,101)(H,88,102)(H,89,106)(H,91,103)(H,92,107)(H,98,105)(H,99,104)(H,100,108)(H2,90,93,109)/t69-,70-,71-/m0/s1. The van der Waals surface area contributed by atoms with Crippen LogP contribution in [0.5, 0.6) is 0 Å². The fourth-order valence-corrected chi connectivity index (χ4v) is 12.9. The normalized spacial score (nSPS) is 12.2. The molecule has 0 fully saturated rings. The Morgan fingerprint density at radius 2 is 0.798 bits per heavy atom. The summed E-state index contributed by atoms with van der Waals surface area (Å²) in [4.78, 5) is 136. The van der Waals surface area contributed by atoms with Gasteiger partial charge in [-0.15, -0.1) is 0 Å². The van der Waals surface area contributed by atoms with Gasteiger partial charge in [-0.2, -0.15) is 0 Å². The molecule has 14 N–H and O–H groups in total. The fourth-order valence-electron chi connectivity index (χ4n) is 12.9. The van der Waals surface area contributed by atoms with Gasteiger partial charge >= 0.3 is 6.03 Å². The van der Waals surface area contributed by atoms with Gasteiger partial charge in [0.2, 0.25) is 47.3 Å². The number of H-pyrrole nitrogens is 2. The van der Waals surface area contributed by atoms with Gasteiger partial charge in [-0.05, 0) is 147 Å². The van der Waals surface area contributed by atoms with Crippen molar-refractivity contribution in [3.8, 4) is 44.5 Å². The number of likely N-dealkylation sites (N-methyl/N-ethyl adjacent to an activating group) is 2. The first kappa shape index (κ1) is 79.2. The number of anilines is 1. The van der Waals surface area contributed by atoms with E-state index in [2.05, 4.69) is 159 Å². The van der Waals surface area contributed by atoms with E-state index >= 15 is 0 Å². The van der Waals surface area contributed by atoms with Gasteiger partial charge in [0.25, 0.3) is 0 Å². The van der Waals surface area contributed by atoms with E-state index < -0.39 is 60.1 Å². The van der Waals surface area contributed by atoms with Crippen molar-refractivity contribution in [1.82, 2.24) is 78.4 Å². The third-order valence-electron chi connectivity index (χ3n) is 18.2. The highest BCUT2D eigenvalue weighted by molar-refractivity contribution is 6.01. The fraction of sp³-hybridized carbons (Fsp3) is 0.298. The maximum atomic E-state index is 13.9. The van der Waals surface area contributed by atoms with Crippen LogP contribution in [0.15, 0.2) is 170 Å². The van der Waals surface area contributed by atoms with Crippen molar-refractivity contribution in [3.05, 3.63) is 198 Å². The van der Waals surface area contributed by atoms with E-state index in [1.54, 1.807) is 38.4 Å². The van der Waals surface area contributed by atoms with Crippen LogP contribution in [0.25, 0.3) is 90.9 Å². The van der Waals surface area contributed by atoms with Crippen molar-refractivity contribution in [3.63, 3.8) is 0 Å². The number of carbonyl (C=O) groups is 9. The number of nitrogens with zero attached hydrogens (tertiary/aromatic N) is 2. The number of hydrogen-bond donors (Lipinski definition) is 14. The van der Waals surface area contributed by atoms with Crippen molar-refractivity contribution >= 4 is 105 Å². The summed E-state index contributed by atoms with van der Waals surface area (Å²) < 4.78 is 0. The van der Waals surface area contributed by atoms with Gasteiger partial charge < -0.3 is 73.8 Å². The highest BCUT2D eigenvalue weighted by Gasteiger charge is 2.30. The summed E-state index contributed by atoms with van der Waals surface area (Å²) >= 11 is 0. The smallest absolute Gasteiger partial charge is 0.319 e. The highest BCUT2D eigenvalue weighted by atomic mass is 16.2. The molecule has 0 aliphatic carbocycles. The average molecular weight is 1470 g/mol. The van der Waals surface area contributed by atoms with Gasteiger partial charge in [0.15, 0.2) is 0 Å². The zero-order valence-electron chi connectivity index (χ0n) is 61.9. The summed E-state index contributed by atoms with van der Waals surface area (Å²) in [5, 5.41) is 32.9. The molecule has 3 atom stereocenters. The molecule has 25 nitrogen and oxygen atoms in total. The van der Waals surface area contributed by atoms with E-state index in [4.69, 9.17) is 9.97 Å². The second-order valence-electron chi connectivity index (χ2n) is 27.0. The van der Waals surface area contributed by atoms with Crippen LogP contribution >= 0.6 is 0 Å². The Balaban J connectivity index is 0.715. The number of unbranched alkanes of at least 4 members (excludes halogenated alkanes) is 3. The van der Waals surface area contributed by atoms with Gasteiger partial charge in [0, 0.05) is 89.0 Å². The predicted molar refractivity (Wildman–Crippen MR) is 428 cm³/mol. The first-order chi connectivity index (χ1) is 53.0. The van der Waals surface area contributed by atoms with Crippen LogP contribution in [-0.4, -0.2) is 158 Å². The molecule has 2 aliphatic heterocycles. The number of hydrogen-bond acceptors (Lipinski definition) is 13. The van der Waals surface area contributed by atoms with E-state index in [-0.39, 0.29) is 82.2 Å². The first-order valence-electron chi connectivity index (χ1n) is 37.1. The summed E-state index contributed by atoms with van der Waals surface area (Å²) in [6.07, 6.45) is 11.8. The summed E-state index contributed by atoms with van der Waals surface area (Å²) in [5.74, 6) is -4.06. The zero-order chi connectivity index (χ0) is 76.9. The number of carbonyl (C=O) groups excluding carboxylic acids is 9. The Labute approximate surface area is 634 Å². The number of amides is 10. The Bertz CT molecular complexity index is 4680. The summed E-state index contributed by atoms with van der Waals surface area (Å²) in [5.41, 5.74) is 15.6. The third kappa shape index (κ3) is 23.3. The summed E-state index contributed by atoms with van der Waals surface area (Å²) in [6, 6.07) is 52.2. The molecule has 0 spiro atoms. The number of rotatable bonds is 37. The zero-order valence-corrected chi connectivity index (χ0v) is 61.9. The topological polar surface area (TPSA) is 355 Å². The number of benzene rings is 5. The minimum absolute atomic E-state index is 0.0103. The van der Waals surface area contributed by atoms with Gasteiger partial charge in [-0.25, -0.2) is 14.8 Å². The lowest BCUT2D eigenvalue weighted by atomic mass is 10.0. The quantitative estimate of drug-likeness (QED) is 0.0162. The van der Waals surface area contributed by atoms with Crippen molar-refractivity contribution in [2.24, 2.45) is 5.92 Å². The number of aromatic nitrogens is 4. The lowest BCUT2D eigenvalue weighted by Crippen LogP contribution is -2.56. The van der Waals surface area contributed by atoms with E-state index in [9.17, 15) is 43.2 Å². The number of fused-ring (bicyclic) bond motifs is 8. The highest BCUT2D eigenvalue weighted by Crippen LogP contribution is 2.39. The maximum Gasteiger partial charge on any atom is 0.319 e. The number of nitrogens with one attached hydrogen (secondary N) is 14. The molecule has 0 saturated carbocycles. The number of aromatic amines is 2. The largest absolute Gasteiger partial charge is 0.356 e. The average Bonchev–Trinajstić information content (AvgIpc) is 1.62. The molecule has 0 saturated heterocycles. The van der Waals surface area contributed by atoms with Crippen LogP contribution in [0.4, 0.5) is 10.5 Å². The molecular formula is C84H96N16O9. The van der Waals surface area contributed by atoms with Crippen molar-refractivity contribution in [1.29, 1.82) is 0 Å². The summed E-state index contributed by atoms with van der Waals surface area (Å²) in [6.45, 7) is 3.77. The molecule has 8 bridgehead atoms. The van der Waals surface area contributed by atoms with Crippen LogP contribution in [-0.2, 0) is 44.8 Å². The summed E-state index contributed by atoms with van der Waals surface area (Å²) in [7, 11) is 3.22. The Morgan fingerprint density at radius 3 is 1.30 bits per heavy atom. The van der Waals surface area contributed by atoms with E-state index in [1.807, 2.05) is 98.8 Å². The second-order valence-corrected chi connectivity index (χ2v) is 27.0. The molecule has 109 heavy (non-hydrogen) atoms. The van der Waals surface area contributed by atoms with Gasteiger partial charge in [-0.1, -0.05) is 154 Å². The van der Waals surface area contributed by atoms with Crippen LogP contribution in [0.3, 0.4) is 0 Å². The molecule has 5 heterocycles. The minimum Gasteiger partial charge on any atom is -0.356 e. The molecule has 10 rings (SSSR count). The predicted octanol–water partition coefficient (Wildman–Crippen LogP) is 8.94. The molecule has 0 unspecified atom stereocenters. The third-order valence-corrected chi connectivity index (χ3v) is 18.2. The number of urea groups is 1. The second kappa shape index (κ2) is 40.4. The van der Waals surface area contributed by atoms with Crippen LogP contribution in [0.2, 0.25) is 0 Å². The molecule has 8 aromatic rings. The minimum atomic E-state index is -1.13. The Kier molecular flexibility index (Phi) is 29.4. The SMILES string of the molecule is CNCC(=O)NCCNC(=O)[C@H](CCCCNC(=O)CCCCCNC(=O)Nc1ccc(-c2c3nc(c(-c4ccccc4)c4ccc([nH]4)c(-c4ccccc4)c4nc(c(-c5ccccc5)c5ccc2[nH]5)C=C4)C=C3)cc1)NC(=O)CNC(=O)[C@H](CC(C)C)NC(=O)[C@H](Cc1ccccc1)NC(=O)CNC(=O)CNC.